The average Bonchev–Trinajstić information content (AvgIpc) is 3.04. The number of hydrogen-bond donors (Lipinski definition) is 1. The summed E-state index contributed by atoms with van der Waals surface area (Å²) in [5, 5.41) is 16.7. The molecule has 0 aliphatic carbocycles. The van der Waals surface area contributed by atoms with Gasteiger partial charge in [0.05, 0.1) is 18.5 Å². The zero-order valence-electron chi connectivity index (χ0n) is 14.3. The Morgan fingerprint density at radius 2 is 2.04 bits per heavy atom. The number of phenolic OH excluding ortho intramolecular Hbond substituents is 1. The van der Waals surface area contributed by atoms with Crippen LogP contribution in [0.1, 0.15) is 12.5 Å². The van der Waals surface area contributed by atoms with Gasteiger partial charge in [-0.3, -0.25) is 4.99 Å². The Balaban J connectivity index is 2.09. The summed E-state index contributed by atoms with van der Waals surface area (Å²) in [6, 6.07) is 15.3. The molecule has 4 nitrogen and oxygen atoms in total. The van der Waals surface area contributed by atoms with E-state index in [1.807, 2.05) is 48.7 Å². The van der Waals surface area contributed by atoms with Gasteiger partial charge in [0.25, 0.3) is 0 Å². The van der Waals surface area contributed by atoms with Crippen molar-refractivity contribution in [2.75, 3.05) is 6.54 Å². The molecule has 132 valence electrons. The second-order valence-electron chi connectivity index (χ2n) is 5.80. The van der Waals surface area contributed by atoms with Crippen LogP contribution in [-0.4, -0.2) is 22.5 Å². The first kappa shape index (κ1) is 18.4. The number of aromatic hydroxyl groups is 1. The van der Waals surface area contributed by atoms with E-state index in [1.54, 1.807) is 23.0 Å². The number of phenols is 1. The molecule has 0 aliphatic rings. The second-order valence-corrected chi connectivity index (χ2v) is 7.55. The molecule has 0 radical (unpaired) electrons. The maximum Gasteiger partial charge on any atom is 0.206 e. The fourth-order valence-electron chi connectivity index (χ4n) is 2.28. The average molecular weight is 428 g/mol. The van der Waals surface area contributed by atoms with Crippen LogP contribution in [0.2, 0.25) is 0 Å². The van der Waals surface area contributed by atoms with E-state index in [2.05, 4.69) is 32.6 Å². The molecule has 0 aliphatic heterocycles. The molecule has 0 fully saturated rings. The first-order valence-corrected chi connectivity index (χ1v) is 9.65. The Labute approximate surface area is 164 Å². The fraction of sp³-hybridized carbons (Fsp3) is 0.100. The second kappa shape index (κ2) is 8.29. The van der Waals surface area contributed by atoms with Crippen molar-refractivity contribution in [3.63, 3.8) is 0 Å². The third kappa shape index (κ3) is 4.39. The van der Waals surface area contributed by atoms with Crippen molar-refractivity contribution >= 4 is 33.5 Å². The molecule has 1 N–H and O–H groups in total. The number of thiazole rings is 1. The first-order chi connectivity index (χ1) is 12.5. The summed E-state index contributed by atoms with van der Waals surface area (Å²) in [5.74, 6) is 0.175. The number of rotatable bonds is 5. The summed E-state index contributed by atoms with van der Waals surface area (Å²) in [5.41, 5.74) is 3.61. The molecular formula is C20H18BrN3OS. The van der Waals surface area contributed by atoms with E-state index >= 15 is 0 Å². The number of nitrogens with zero attached hydrogens (tertiary/aromatic N) is 3. The van der Waals surface area contributed by atoms with Crippen molar-refractivity contribution in [2.24, 2.45) is 10.1 Å². The highest BCUT2D eigenvalue weighted by Crippen LogP contribution is 2.22. The molecule has 0 saturated heterocycles. The van der Waals surface area contributed by atoms with Crippen LogP contribution in [0.15, 0.2) is 80.6 Å². The number of halogens is 1. The summed E-state index contributed by atoms with van der Waals surface area (Å²) >= 11 is 4.94. The van der Waals surface area contributed by atoms with Crippen LogP contribution in [0, 0.1) is 0 Å². The molecule has 6 heteroatoms. The summed E-state index contributed by atoms with van der Waals surface area (Å²) in [6.07, 6.45) is 1.64. The maximum atomic E-state index is 10.0. The Morgan fingerprint density at radius 3 is 2.77 bits per heavy atom. The van der Waals surface area contributed by atoms with Gasteiger partial charge >= 0.3 is 0 Å². The highest BCUT2D eigenvalue weighted by atomic mass is 79.9. The van der Waals surface area contributed by atoms with Crippen molar-refractivity contribution in [2.45, 2.75) is 6.92 Å². The maximum absolute atomic E-state index is 10.0. The van der Waals surface area contributed by atoms with E-state index in [9.17, 15) is 5.11 Å². The molecule has 0 atom stereocenters. The van der Waals surface area contributed by atoms with Crippen molar-refractivity contribution in [3.8, 4) is 17.0 Å². The highest BCUT2D eigenvalue weighted by Gasteiger charge is 2.07. The summed E-state index contributed by atoms with van der Waals surface area (Å²) < 4.78 is 2.67. The summed E-state index contributed by atoms with van der Waals surface area (Å²) in [4.78, 5) is 5.38. The van der Waals surface area contributed by atoms with Crippen LogP contribution in [-0.2, 0) is 0 Å². The summed E-state index contributed by atoms with van der Waals surface area (Å²) in [7, 11) is 0. The molecule has 1 aromatic heterocycles. The van der Waals surface area contributed by atoms with E-state index in [0.29, 0.717) is 12.1 Å². The quantitative estimate of drug-likeness (QED) is 0.449. The lowest BCUT2D eigenvalue weighted by molar-refractivity contribution is 0.474. The largest absolute Gasteiger partial charge is 0.507 e. The van der Waals surface area contributed by atoms with Crippen molar-refractivity contribution in [3.05, 3.63) is 80.9 Å². The van der Waals surface area contributed by atoms with Crippen LogP contribution in [0.5, 0.6) is 5.75 Å². The van der Waals surface area contributed by atoms with Gasteiger partial charge in [0, 0.05) is 21.0 Å². The van der Waals surface area contributed by atoms with Crippen molar-refractivity contribution in [1.82, 2.24) is 4.68 Å². The van der Waals surface area contributed by atoms with Crippen molar-refractivity contribution in [1.29, 1.82) is 0 Å². The number of hydrogen-bond acceptors (Lipinski definition) is 4. The molecule has 0 unspecified atom stereocenters. The van der Waals surface area contributed by atoms with Gasteiger partial charge in [-0.25, -0.2) is 4.68 Å². The lowest BCUT2D eigenvalue weighted by atomic mass is 10.2. The Morgan fingerprint density at radius 1 is 1.27 bits per heavy atom. The molecule has 3 rings (SSSR count). The SMILES string of the molecule is C=C(C)CN=c1scc(-c2ccccc2)n1N=Cc1cc(Br)ccc1O. The smallest absolute Gasteiger partial charge is 0.206 e. The lowest BCUT2D eigenvalue weighted by Crippen LogP contribution is -2.13. The van der Waals surface area contributed by atoms with Gasteiger partial charge in [0.2, 0.25) is 4.80 Å². The van der Waals surface area contributed by atoms with Gasteiger partial charge in [0.15, 0.2) is 0 Å². The highest BCUT2D eigenvalue weighted by molar-refractivity contribution is 9.10. The van der Waals surface area contributed by atoms with E-state index in [0.717, 1.165) is 26.1 Å². The Bertz CT molecular complexity index is 1020. The van der Waals surface area contributed by atoms with Gasteiger partial charge in [-0.2, -0.15) is 5.10 Å². The monoisotopic (exact) mass is 427 g/mol. The predicted octanol–water partition coefficient (Wildman–Crippen LogP) is 5.04. The van der Waals surface area contributed by atoms with E-state index in [1.165, 1.54) is 11.3 Å². The predicted molar refractivity (Wildman–Crippen MR) is 112 cm³/mol. The first-order valence-electron chi connectivity index (χ1n) is 7.98. The van der Waals surface area contributed by atoms with Crippen LogP contribution in [0.4, 0.5) is 0 Å². The van der Waals surface area contributed by atoms with Gasteiger partial charge in [0.1, 0.15) is 5.75 Å². The van der Waals surface area contributed by atoms with Crippen LogP contribution in [0.3, 0.4) is 0 Å². The van der Waals surface area contributed by atoms with Crippen LogP contribution in [0.25, 0.3) is 11.3 Å². The summed E-state index contributed by atoms with van der Waals surface area (Å²) in [6.45, 7) is 6.40. The molecule has 0 saturated carbocycles. The third-order valence-electron chi connectivity index (χ3n) is 3.54. The van der Waals surface area contributed by atoms with Gasteiger partial charge in [-0.05, 0) is 25.1 Å². The van der Waals surface area contributed by atoms with Crippen LogP contribution >= 0.6 is 27.3 Å². The lowest BCUT2D eigenvalue weighted by Gasteiger charge is -2.04. The molecule has 0 amide bonds. The molecule has 2 aromatic carbocycles. The minimum absolute atomic E-state index is 0.175. The van der Waals surface area contributed by atoms with E-state index in [-0.39, 0.29) is 5.75 Å². The zero-order valence-corrected chi connectivity index (χ0v) is 16.7. The van der Waals surface area contributed by atoms with Crippen molar-refractivity contribution < 1.29 is 5.11 Å². The Kier molecular flexibility index (Phi) is 5.85. The molecule has 0 bridgehead atoms. The number of aromatic nitrogens is 1. The fourth-order valence-corrected chi connectivity index (χ4v) is 3.49. The minimum atomic E-state index is 0.175. The molecule has 1 heterocycles. The molecular weight excluding hydrogens is 410 g/mol. The van der Waals surface area contributed by atoms with Gasteiger partial charge in [-0.1, -0.05) is 58.4 Å². The topological polar surface area (TPSA) is 49.9 Å². The van der Waals surface area contributed by atoms with E-state index in [4.69, 9.17) is 0 Å². The van der Waals surface area contributed by atoms with Crippen LogP contribution < -0.4 is 4.80 Å². The molecule has 26 heavy (non-hydrogen) atoms. The molecule has 0 spiro atoms. The zero-order chi connectivity index (χ0) is 18.5. The van der Waals surface area contributed by atoms with Gasteiger partial charge in [-0.15, -0.1) is 11.3 Å². The standard InChI is InChI=1S/C20H18BrN3OS/c1-14(2)11-22-20-24(18(13-26-20)15-6-4-3-5-7-15)23-12-16-10-17(21)8-9-19(16)25/h3-10,12-13,25H,1,11H2,2H3. The Hall–Kier alpha value is -2.44. The van der Waals surface area contributed by atoms with E-state index < -0.39 is 0 Å². The van der Waals surface area contributed by atoms with Gasteiger partial charge < -0.3 is 5.11 Å². The molecule has 3 aromatic rings. The minimum Gasteiger partial charge on any atom is -0.507 e. The number of benzene rings is 2. The third-order valence-corrected chi connectivity index (χ3v) is 4.89. The normalized spacial score (nSPS) is 12.0.